The Balaban J connectivity index is 3.34. The minimum atomic E-state index is -5.04. The summed E-state index contributed by atoms with van der Waals surface area (Å²) in [5, 5.41) is 8.17. The fraction of sp³-hybridized carbons (Fsp3) is 0.222. The van der Waals surface area contributed by atoms with Crippen LogP contribution in [0.3, 0.4) is 0 Å². The average molecular weight is 274 g/mol. The molecule has 0 unspecified atom stereocenters. The van der Waals surface area contributed by atoms with Gasteiger partial charge < -0.3 is 9.84 Å². The summed E-state index contributed by atoms with van der Waals surface area (Å²) >= 11 is 0. The highest BCUT2D eigenvalue weighted by Gasteiger charge is 2.37. The lowest BCUT2D eigenvalue weighted by Crippen LogP contribution is -2.12. The second kappa shape index (κ2) is 4.39. The molecule has 0 saturated heterocycles. The first kappa shape index (κ1) is 14.1. The number of hydrogen-bond donors (Lipinski definition) is 1. The zero-order valence-corrected chi connectivity index (χ0v) is 8.26. The monoisotopic (exact) mass is 274 g/mol. The van der Waals surface area contributed by atoms with Gasteiger partial charge in [0.15, 0.2) is 0 Å². The van der Waals surface area contributed by atoms with Gasteiger partial charge in [0.1, 0.15) is 5.75 Å². The predicted octanol–water partition coefficient (Wildman–Crippen LogP) is 3.78. The molecule has 0 amide bonds. The lowest BCUT2D eigenvalue weighted by molar-refractivity contribution is -0.143. The molecule has 0 aliphatic carbocycles. The number of halogens is 6. The molecule has 1 N–H and O–H groups in total. The molecule has 18 heavy (non-hydrogen) atoms. The van der Waals surface area contributed by atoms with E-state index >= 15 is 0 Å². The SMILES string of the molecule is O=C(O)Oc1cc(C(F)(F)F)cc(C(F)(F)F)c1. The van der Waals surface area contributed by atoms with Gasteiger partial charge in [0.25, 0.3) is 0 Å². The van der Waals surface area contributed by atoms with Gasteiger partial charge in [0.2, 0.25) is 0 Å². The number of rotatable bonds is 1. The number of ether oxygens (including phenoxy) is 1. The first-order valence-corrected chi connectivity index (χ1v) is 4.20. The molecule has 0 atom stereocenters. The smallest absolute Gasteiger partial charge is 0.449 e. The van der Waals surface area contributed by atoms with Crippen LogP contribution in [0.4, 0.5) is 31.1 Å². The van der Waals surface area contributed by atoms with Crippen molar-refractivity contribution >= 4 is 6.16 Å². The van der Waals surface area contributed by atoms with E-state index < -0.39 is 35.4 Å². The van der Waals surface area contributed by atoms with E-state index in [1.165, 1.54) is 0 Å². The Labute approximate surface area is 95.6 Å². The van der Waals surface area contributed by atoms with Crippen molar-refractivity contribution in [2.45, 2.75) is 12.4 Å². The normalized spacial score (nSPS) is 12.3. The number of carbonyl (C=O) groups is 1. The van der Waals surface area contributed by atoms with Gasteiger partial charge in [-0.15, -0.1) is 0 Å². The van der Waals surface area contributed by atoms with Gasteiger partial charge in [0, 0.05) is 0 Å². The van der Waals surface area contributed by atoms with Crippen LogP contribution in [0.5, 0.6) is 5.75 Å². The van der Waals surface area contributed by atoms with Crippen LogP contribution in [-0.4, -0.2) is 11.3 Å². The van der Waals surface area contributed by atoms with Crippen LogP contribution in [0, 0.1) is 0 Å². The van der Waals surface area contributed by atoms with Crippen LogP contribution in [0.25, 0.3) is 0 Å². The Bertz CT molecular complexity index is 430. The third-order valence-corrected chi connectivity index (χ3v) is 1.77. The van der Waals surface area contributed by atoms with Crippen LogP contribution in [0.15, 0.2) is 18.2 Å². The Morgan fingerprint density at radius 3 is 1.61 bits per heavy atom. The largest absolute Gasteiger partial charge is 0.511 e. The van der Waals surface area contributed by atoms with Crippen LogP contribution in [0.1, 0.15) is 11.1 Å². The van der Waals surface area contributed by atoms with Crippen LogP contribution >= 0.6 is 0 Å². The second-order valence-electron chi connectivity index (χ2n) is 3.11. The van der Waals surface area contributed by atoms with Gasteiger partial charge in [0.05, 0.1) is 11.1 Å². The standard InChI is InChI=1S/C9H4F6O3/c10-8(11,12)4-1-5(9(13,14)15)3-6(2-4)18-7(16)17/h1-3H,(H,16,17). The predicted molar refractivity (Wildman–Crippen MR) is 45.1 cm³/mol. The first-order chi connectivity index (χ1) is 8.00. The van der Waals surface area contributed by atoms with Gasteiger partial charge in [-0.25, -0.2) is 4.79 Å². The van der Waals surface area contributed by atoms with Gasteiger partial charge >= 0.3 is 18.5 Å². The molecule has 100 valence electrons. The molecule has 0 aliphatic heterocycles. The minimum Gasteiger partial charge on any atom is -0.449 e. The fourth-order valence-electron chi connectivity index (χ4n) is 1.09. The van der Waals surface area contributed by atoms with E-state index in [0.717, 1.165) is 0 Å². The zero-order valence-electron chi connectivity index (χ0n) is 8.26. The highest BCUT2D eigenvalue weighted by molar-refractivity contribution is 5.61. The highest BCUT2D eigenvalue weighted by atomic mass is 19.4. The maximum atomic E-state index is 12.3. The van der Waals surface area contributed by atoms with Crippen molar-refractivity contribution in [1.82, 2.24) is 0 Å². The zero-order chi connectivity index (χ0) is 14.1. The van der Waals surface area contributed by atoms with E-state index in [-0.39, 0.29) is 18.2 Å². The van der Waals surface area contributed by atoms with Crippen LogP contribution in [0.2, 0.25) is 0 Å². The summed E-state index contributed by atoms with van der Waals surface area (Å²) in [4.78, 5) is 10.1. The van der Waals surface area contributed by atoms with E-state index in [1.54, 1.807) is 0 Å². The number of hydrogen-bond acceptors (Lipinski definition) is 2. The minimum absolute atomic E-state index is 0.130. The summed E-state index contributed by atoms with van der Waals surface area (Å²) in [6, 6.07) is 0.210. The molecule has 3 nitrogen and oxygen atoms in total. The third-order valence-electron chi connectivity index (χ3n) is 1.77. The van der Waals surface area contributed by atoms with Gasteiger partial charge in [-0.05, 0) is 18.2 Å². The molecule has 0 aliphatic rings. The van der Waals surface area contributed by atoms with Gasteiger partial charge in [-0.3, -0.25) is 0 Å². The van der Waals surface area contributed by atoms with Gasteiger partial charge in [-0.2, -0.15) is 26.3 Å². The van der Waals surface area contributed by atoms with Crippen molar-refractivity contribution in [2.24, 2.45) is 0 Å². The lowest BCUT2D eigenvalue weighted by Gasteiger charge is -2.13. The maximum Gasteiger partial charge on any atom is 0.511 e. The van der Waals surface area contributed by atoms with Crippen molar-refractivity contribution in [2.75, 3.05) is 0 Å². The average Bonchev–Trinajstić information content (AvgIpc) is 2.13. The summed E-state index contributed by atoms with van der Waals surface area (Å²) in [6.45, 7) is 0. The molecule has 9 heteroatoms. The highest BCUT2D eigenvalue weighted by Crippen LogP contribution is 2.38. The Morgan fingerprint density at radius 2 is 1.33 bits per heavy atom. The Morgan fingerprint density at radius 1 is 0.944 bits per heavy atom. The lowest BCUT2D eigenvalue weighted by atomic mass is 10.1. The van der Waals surface area contributed by atoms with Crippen molar-refractivity contribution in [3.8, 4) is 5.75 Å². The number of carboxylic acid groups (broad SMARTS) is 1. The number of alkyl halides is 6. The topological polar surface area (TPSA) is 46.5 Å². The van der Waals surface area contributed by atoms with Crippen molar-refractivity contribution in [3.63, 3.8) is 0 Å². The quantitative estimate of drug-likeness (QED) is 0.481. The second-order valence-corrected chi connectivity index (χ2v) is 3.11. The molecule has 1 rings (SSSR count). The van der Waals surface area contributed by atoms with E-state index in [0.29, 0.717) is 0 Å². The van der Waals surface area contributed by atoms with Crippen LogP contribution < -0.4 is 4.74 Å². The molecule has 0 bridgehead atoms. The molecule has 0 fully saturated rings. The van der Waals surface area contributed by atoms with E-state index in [4.69, 9.17) is 5.11 Å². The van der Waals surface area contributed by atoms with Crippen LogP contribution in [-0.2, 0) is 12.4 Å². The molecule has 1 aromatic rings. The van der Waals surface area contributed by atoms with E-state index in [2.05, 4.69) is 4.74 Å². The summed E-state index contributed by atoms with van der Waals surface area (Å²) in [7, 11) is 0. The van der Waals surface area contributed by atoms with Crippen molar-refractivity contribution < 1.29 is 41.0 Å². The Kier molecular flexibility index (Phi) is 3.45. The molecule has 0 radical (unpaired) electrons. The molecule has 0 aromatic heterocycles. The summed E-state index contributed by atoms with van der Waals surface area (Å²) in [5.41, 5.74) is -3.29. The molecular weight excluding hydrogens is 270 g/mol. The summed E-state index contributed by atoms with van der Waals surface area (Å²) in [6.07, 6.45) is -12.1. The number of benzene rings is 1. The molecule has 1 aromatic carbocycles. The molecular formula is C9H4F6O3. The molecule has 0 heterocycles. The summed E-state index contributed by atoms with van der Waals surface area (Å²) < 4.78 is 77.6. The molecule has 0 spiro atoms. The van der Waals surface area contributed by atoms with Crippen molar-refractivity contribution in [3.05, 3.63) is 29.3 Å². The maximum absolute atomic E-state index is 12.3. The summed E-state index contributed by atoms with van der Waals surface area (Å²) in [5.74, 6) is -1.05. The Hall–Kier alpha value is -1.93. The molecule has 0 saturated carbocycles. The van der Waals surface area contributed by atoms with E-state index in [1.807, 2.05) is 0 Å². The van der Waals surface area contributed by atoms with Gasteiger partial charge in [-0.1, -0.05) is 0 Å². The first-order valence-electron chi connectivity index (χ1n) is 4.20. The fourth-order valence-corrected chi connectivity index (χ4v) is 1.09. The van der Waals surface area contributed by atoms with Crippen molar-refractivity contribution in [1.29, 1.82) is 0 Å². The van der Waals surface area contributed by atoms with E-state index in [9.17, 15) is 31.1 Å². The third kappa shape index (κ3) is 3.54.